The van der Waals surface area contributed by atoms with Gasteiger partial charge >= 0.3 is 0 Å². The van der Waals surface area contributed by atoms with Crippen LogP contribution in [0.4, 0.5) is 8.78 Å². The number of furan rings is 1. The average molecular weight is 407 g/mol. The number of amides is 1. The predicted molar refractivity (Wildman–Crippen MR) is 106 cm³/mol. The molecule has 1 aromatic heterocycles. The maximum absolute atomic E-state index is 13.9. The van der Waals surface area contributed by atoms with Crippen molar-refractivity contribution < 1.29 is 18.0 Å². The van der Waals surface area contributed by atoms with Crippen LogP contribution < -0.4 is 0 Å². The Kier molecular flexibility index (Phi) is 5.59. The fourth-order valence-electron chi connectivity index (χ4n) is 3.61. The second-order valence-electron chi connectivity index (χ2n) is 7.06. The molecular formula is C23H19F2N3O2. The lowest BCUT2D eigenvalue weighted by atomic mass is 10.1. The van der Waals surface area contributed by atoms with Gasteiger partial charge < -0.3 is 9.32 Å². The first-order valence-electron chi connectivity index (χ1n) is 9.60. The van der Waals surface area contributed by atoms with E-state index in [-0.39, 0.29) is 17.5 Å². The van der Waals surface area contributed by atoms with Gasteiger partial charge in [0.05, 0.1) is 11.6 Å². The predicted octanol–water partition coefficient (Wildman–Crippen LogP) is 4.25. The van der Waals surface area contributed by atoms with E-state index in [0.717, 1.165) is 5.56 Å². The number of nitriles is 1. The Morgan fingerprint density at radius 2 is 1.67 bits per heavy atom. The number of halogens is 2. The number of nitrogens with zero attached hydrogens (tertiary/aromatic N) is 3. The first-order chi connectivity index (χ1) is 14.6. The van der Waals surface area contributed by atoms with Gasteiger partial charge in [-0.25, -0.2) is 8.78 Å². The molecule has 7 heteroatoms. The van der Waals surface area contributed by atoms with Crippen molar-refractivity contribution >= 4 is 5.91 Å². The van der Waals surface area contributed by atoms with E-state index in [4.69, 9.17) is 4.42 Å². The molecule has 1 aliphatic rings. The molecule has 0 aliphatic carbocycles. The lowest BCUT2D eigenvalue weighted by Gasteiger charge is -2.36. The van der Waals surface area contributed by atoms with E-state index in [0.29, 0.717) is 37.5 Å². The van der Waals surface area contributed by atoms with Crippen LogP contribution in [0, 0.1) is 23.0 Å². The standard InChI is InChI=1S/C23H19F2N3O2/c24-17-7-5-16(6-8-17)20(15-26)27-11-13-28(14-12-27)23(29)22-10-9-21(30-22)18-3-1-2-4-19(18)25/h1-10,20H,11-14H2. The van der Waals surface area contributed by atoms with Crippen LogP contribution in [-0.4, -0.2) is 41.9 Å². The van der Waals surface area contributed by atoms with Crippen molar-refractivity contribution in [2.45, 2.75) is 6.04 Å². The minimum atomic E-state index is -0.501. The molecule has 0 radical (unpaired) electrons. The molecule has 152 valence electrons. The molecule has 3 aromatic rings. The highest BCUT2D eigenvalue weighted by molar-refractivity contribution is 5.92. The smallest absolute Gasteiger partial charge is 0.289 e. The molecule has 2 aromatic carbocycles. The minimum Gasteiger partial charge on any atom is -0.451 e. The van der Waals surface area contributed by atoms with Gasteiger partial charge in [-0.15, -0.1) is 0 Å². The Bertz CT molecular complexity index is 1080. The highest BCUT2D eigenvalue weighted by atomic mass is 19.1. The van der Waals surface area contributed by atoms with Crippen molar-refractivity contribution in [1.82, 2.24) is 9.80 Å². The van der Waals surface area contributed by atoms with E-state index in [1.54, 1.807) is 47.4 Å². The van der Waals surface area contributed by atoms with Crippen LogP contribution in [0.2, 0.25) is 0 Å². The molecule has 1 saturated heterocycles. The van der Waals surface area contributed by atoms with E-state index in [1.807, 2.05) is 4.90 Å². The van der Waals surface area contributed by atoms with Gasteiger partial charge in [-0.3, -0.25) is 9.69 Å². The van der Waals surface area contributed by atoms with Gasteiger partial charge in [-0.05, 0) is 42.0 Å². The number of carbonyl (C=O) groups excluding carboxylic acids is 1. The van der Waals surface area contributed by atoms with Gasteiger partial charge in [0.25, 0.3) is 5.91 Å². The number of carbonyl (C=O) groups is 1. The topological polar surface area (TPSA) is 60.5 Å². The van der Waals surface area contributed by atoms with Crippen molar-refractivity contribution in [2.24, 2.45) is 0 Å². The monoisotopic (exact) mass is 407 g/mol. The van der Waals surface area contributed by atoms with Crippen LogP contribution in [0.15, 0.2) is 65.1 Å². The third-order valence-electron chi connectivity index (χ3n) is 5.23. The molecule has 1 atom stereocenters. The second kappa shape index (κ2) is 8.47. The fourth-order valence-corrected chi connectivity index (χ4v) is 3.61. The van der Waals surface area contributed by atoms with E-state index >= 15 is 0 Å². The summed E-state index contributed by atoms with van der Waals surface area (Å²) < 4.78 is 32.7. The quantitative estimate of drug-likeness (QED) is 0.649. The van der Waals surface area contributed by atoms with Crippen molar-refractivity contribution in [1.29, 1.82) is 5.26 Å². The summed E-state index contributed by atoms with van der Waals surface area (Å²) in [4.78, 5) is 16.4. The third kappa shape index (κ3) is 3.95. The summed E-state index contributed by atoms with van der Waals surface area (Å²) in [5.41, 5.74) is 1.02. The Morgan fingerprint density at radius 1 is 0.967 bits per heavy atom. The summed E-state index contributed by atoms with van der Waals surface area (Å²) in [6.45, 7) is 1.85. The number of piperazine rings is 1. The average Bonchev–Trinajstić information content (AvgIpc) is 3.26. The van der Waals surface area contributed by atoms with Crippen LogP contribution in [0.3, 0.4) is 0 Å². The zero-order valence-electron chi connectivity index (χ0n) is 16.1. The summed E-state index contributed by atoms with van der Waals surface area (Å²) in [5.74, 6) is -0.581. The van der Waals surface area contributed by atoms with E-state index < -0.39 is 11.9 Å². The lowest BCUT2D eigenvalue weighted by molar-refractivity contribution is 0.0577. The molecule has 1 amide bonds. The molecule has 0 spiro atoms. The Balaban J connectivity index is 1.42. The van der Waals surface area contributed by atoms with Crippen LogP contribution >= 0.6 is 0 Å². The van der Waals surface area contributed by atoms with Gasteiger partial charge in [-0.2, -0.15) is 5.26 Å². The maximum Gasteiger partial charge on any atom is 0.289 e. The van der Waals surface area contributed by atoms with Crippen LogP contribution in [0.25, 0.3) is 11.3 Å². The lowest BCUT2D eigenvalue weighted by Crippen LogP contribution is -2.49. The van der Waals surface area contributed by atoms with Gasteiger partial charge in [-0.1, -0.05) is 24.3 Å². The molecule has 1 unspecified atom stereocenters. The highest BCUT2D eigenvalue weighted by Gasteiger charge is 2.29. The fraction of sp³-hybridized carbons (Fsp3) is 0.217. The molecule has 0 bridgehead atoms. The molecule has 0 saturated carbocycles. The number of hydrogen-bond acceptors (Lipinski definition) is 4. The summed E-state index contributed by atoms with van der Waals surface area (Å²) in [6.07, 6.45) is 0. The van der Waals surface area contributed by atoms with Gasteiger partial charge in [0.15, 0.2) is 5.76 Å². The summed E-state index contributed by atoms with van der Waals surface area (Å²) in [7, 11) is 0. The zero-order chi connectivity index (χ0) is 21.1. The Hall–Kier alpha value is -3.50. The van der Waals surface area contributed by atoms with Crippen LogP contribution in [-0.2, 0) is 0 Å². The molecule has 4 rings (SSSR count). The van der Waals surface area contributed by atoms with E-state index in [2.05, 4.69) is 6.07 Å². The molecule has 1 fully saturated rings. The van der Waals surface area contributed by atoms with Crippen molar-refractivity contribution in [3.8, 4) is 17.4 Å². The molecule has 1 aliphatic heterocycles. The molecule has 0 N–H and O–H groups in total. The van der Waals surface area contributed by atoms with E-state index in [9.17, 15) is 18.8 Å². The van der Waals surface area contributed by atoms with Gasteiger partial charge in [0.1, 0.15) is 23.4 Å². The van der Waals surface area contributed by atoms with Gasteiger partial charge in [0, 0.05) is 26.2 Å². The van der Waals surface area contributed by atoms with Crippen LogP contribution in [0.1, 0.15) is 22.2 Å². The molecule has 30 heavy (non-hydrogen) atoms. The maximum atomic E-state index is 13.9. The Morgan fingerprint density at radius 3 is 2.33 bits per heavy atom. The SMILES string of the molecule is N#CC(c1ccc(F)cc1)N1CCN(C(=O)c2ccc(-c3ccccc3F)o2)CC1. The van der Waals surface area contributed by atoms with Crippen molar-refractivity contribution in [2.75, 3.05) is 26.2 Å². The minimum absolute atomic E-state index is 0.150. The largest absolute Gasteiger partial charge is 0.451 e. The number of hydrogen-bond donors (Lipinski definition) is 0. The normalized spacial score (nSPS) is 15.6. The molecular weight excluding hydrogens is 388 g/mol. The van der Waals surface area contributed by atoms with Crippen molar-refractivity contribution in [3.05, 3.63) is 83.6 Å². The number of rotatable bonds is 4. The Labute approximate surface area is 172 Å². The third-order valence-corrected chi connectivity index (χ3v) is 5.23. The number of benzene rings is 2. The van der Waals surface area contributed by atoms with Crippen LogP contribution in [0.5, 0.6) is 0 Å². The molecule has 5 nitrogen and oxygen atoms in total. The first-order valence-corrected chi connectivity index (χ1v) is 9.60. The van der Waals surface area contributed by atoms with Crippen molar-refractivity contribution in [3.63, 3.8) is 0 Å². The van der Waals surface area contributed by atoms with Gasteiger partial charge in [0.2, 0.25) is 0 Å². The second-order valence-corrected chi connectivity index (χ2v) is 7.06. The highest BCUT2D eigenvalue weighted by Crippen LogP contribution is 2.26. The molecule has 2 heterocycles. The first kappa shape index (κ1) is 19.8. The summed E-state index contributed by atoms with van der Waals surface area (Å²) >= 11 is 0. The zero-order valence-corrected chi connectivity index (χ0v) is 16.1. The summed E-state index contributed by atoms with van der Waals surface area (Å²) in [5, 5.41) is 9.58. The summed E-state index contributed by atoms with van der Waals surface area (Å²) in [6, 6.07) is 17.0. The van der Waals surface area contributed by atoms with E-state index in [1.165, 1.54) is 18.2 Å².